The van der Waals surface area contributed by atoms with Crippen molar-refractivity contribution in [2.24, 2.45) is 0 Å². The minimum Gasteiger partial charge on any atom is -0.388 e. The van der Waals surface area contributed by atoms with E-state index in [1.807, 2.05) is 0 Å². The van der Waals surface area contributed by atoms with E-state index in [0.717, 1.165) is 6.07 Å². The summed E-state index contributed by atoms with van der Waals surface area (Å²) in [5, 5.41) is 12.5. The van der Waals surface area contributed by atoms with Crippen LogP contribution in [0, 0.1) is 11.6 Å². The maximum atomic E-state index is 13.4. The van der Waals surface area contributed by atoms with Gasteiger partial charge in [0.2, 0.25) is 5.91 Å². The van der Waals surface area contributed by atoms with Crippen LogP contribution in [-0.2, 0) is 11.2 Å². The monoisotopic (exact) mass is 271 g/mol. The van der Waals surface area contributed by atoms with Gasteiger partial charge in [-0.2, -0.15) is 0 Å². The van der Waals surface area contributed by atoms with Gasteiger partial charge in [-0.05, 0) is 33.8 Å². The Kier molecular flexibility index (Phi) is 4.30. The largest absolute Gasteiger partial charge is 0.388 e. The van der Waals surface area contributed by atoms with Crippen molar-refractivity contribution in [2.75, 3.05) is 0 Å². The molecular formula is C14H19F2NO2. The molecule has 0 unspecified atom stereocenters. The summed E-state index contributed by atoms with van der Waals surface area (Å²) in [4.78, 5) is 11.8. The van der Waals surface area contributed by atoms with Crippen LogP contribution >= 0.6 is 0 Å². The molecule has 0 aromatic heterocycles. The molecule has 1 aromatic rings. The molecule has 2 N–H and O–H groups in total. The van der Waals surface area contributed by atoms with Crippen molar-refractivity contribution in [1.82, 2.24) is 5.32 Å². The third-order valence-corrected chi connectivity index (χ3v) is 3.36. The Bertz CT molecular complexity index is 479. The zero-order valence-corrected chi connectivity index (χ0v) is 11.6. The van der Waals surface area contributed by atoms with Crippen molar-refractivity contribution in [1.29, 1.82) is 0 Å². The lowest BCUT2D eigenvalue weighted by Crippen LogP contribution is -2.58. The van der Waals surface area contributed by atoms with Gasteiger partial charge < -0.3 is 10.4 Å². The van der Waals surface area contributed by atoms with Crippen LogP contribution in [0.4, 0.5) is 8.78 Å². The Morgan fingerprint density at radius 3 is 2.37 bits per heavy atom. The first kappa shape index (κ1) is 15.6. The number of hydrogen-bond acceptors (Lipinski definition) is 2. The Balaban J connectivity index is 2.79. The smallest absolute Gasteiger partial charge is 0.225 e. The maximum absolute atomic E-state index is 13.4. The number of benzene rings is 1. The minimum atomic E-state index is -1.14. The average Bonchev–Trinajstić information content (AvgIpc) is 2.22. The second-order valence-corrected chi connectivity index (χ2v) is 5.62. The average molecular weight is 271 g/mol. The molecule has 0 aliphatic rings. The van der Waals surface area contributed by atoms with Crippen LogP contribution in [0.5, 0.6) is 0 Å². The van der Waals surface area contributed by atoms with Crippen LogP contribution in [0.3, 0.4) is 0 Å². The third kappa shape index (κ3) is 3.73. The molecule has 0 spiro atoms. The van der Waals surface area contributed by atoms with Gasteiger partial charge in [-0.3, -0.25) is 4.79 Å². The van der Waals surface area contributed by atoms with Crippen molar-refractivity contribution < 1.29 is 18.7 Å². The fraction of sp³-hybridized carbons (Fsp3) is 0.500. The molecular weight excluding hydrogens is 252 g/mol. The van der Waals surface area contributed by atoms with Crippen LogP contribution in [-0.4, -0.2) is 22.2 Å². The number of rotatable bonds is 4. The number of amides is 1. The van der Waals surface area contributed by atoms with E-state index in [1.54, 1.807) is 27.7 Å². The topological polar surface area (TPSA) is 49.3 Å². The third-order valence-electron chi connectivity index (χ3n) is 3.36. The van der Waals surface area contributed by atoms with Gasteiger partial charge in [0.05, 0.1) is 17.6 Å². The van der Waals surface area contributed by atoms with Gasteiger partial charge in [0, 0.05) is 5.56 Å². The van der Waals surface area contributed by atoms with Crippen LogP contribution in [0.15, 0.2) is 18.2 Å². The SMILES string of the molecule is CC(C)(O)C(C)(C)NC(=O)Cc1cccc(F)c1F. The van der Waals surface area contributed by atoms with Crippen LogP contribution in [0.1, 0.15) is 33.3 Å². The summed E-state index contributed by atoms with van der Waals surface area (Å²) in [6.45, 7) is 6.45. The Hall–Kier alpha value is -1.49. The number of hydrogen-bond donors (Lipinski definition) is 2. The van der Waals surface area contributed by atoms with Gasteiger partial charge in [-0.1, -0.05) is 12.1 Å². The number of carbonyl (C=O) groups is 1. The van der Waals surface area contributed by atoms with Crippen LogP contribution < -0.4 is 5.32 Å². The predicted molar refractivity (Wildman–Crippen MR) is 68.6 cm³/mol. The summed E-state index contributed by atoms with van der Waals surface area (Å²) in [5.74, 6) is -2.47. The highest BCUT2D eigenvalue weighted by Crippen LogP contribution is 2.21. The summed E-state index contributed by atoms with van der Waals surface area (Å²) < 4.78 is 26.4. The number of nitrogens with one attached hydrogen (secondary N) is 1. The van der Waals surface area contributed by atoms with Crippen molar-refractivity contribution in [3.63, 3.8) is 0 Å². The lowest BCUT2D eigenvalue weighted by molar-refractivity contribution is -0.125. The van der Waals surface area contributed by atoms with Gasteiger partial charge in [0.1, 0.15) is 0 Å². The molecule has 0 heterocycles. The molecule has 1 rings (SSSR count). The molecule has 5 heteroatoms. The van der Waals surface area contributed by atoms with Crippen molar-refractivity contribution >= 4 is 5.91 Å². The lowest BCUT2D eigenvalue weighted by atomic mass is 9.86. The molecule has 0 radical (unpaired) electrons. The first-order valence-electron chi connectivity index (χ1n) is 6.01. The summed E-state index contributed by atoms with van der Waals surface area (Å²) >= 11 is 0. The molecule has 0 atom stereocenters. The van der Waals surface area contributed by atoms with Crippen LogP contribution in [0.2, 0.25) is 0 Å². The second kappa shape index (κ2) is 5.25. The number of halogens is 2. The van der Waals surface area contributed by atoms with E-state index >= 15 is 0 Å². The van der Waals surface area contributed by atoms with Crippen molar-refractivity contribution in [3.05, 3.63) is 35.4 Å². The Morgan fingerprint density at radius 1 is 1.26 bits per heavy atom. The van der Waals surface area contributed by atoms with E-state index in [4.69, 9.17) is 0 Å². The molecule has 0 saturated carbocycles. The van der Waals surface area contributed by atoms with E-state index in [2.05, 4.69) is 5.32 Å². The predicted octanol–water partition coefficient (Wildman–Crippen LogP) is 2.17. The molecule has 0 saturated heterocycles. The van der Waals surface area contributed by atoms with E-state index in [1.165, 1.54) is 12.1 Å². The second-order valence-electron chi connectivity index (χ2n) is 5.62. The normalized spacial score (nSPS) is 12.4. The quantitative estimate of drug-likeness (QED) is 0.881. The first-order valence-corrected chi connectivity index (χ1v) is 6.01. The molecule has 3 nitrogen and oxygen atoms in total. The molecule has 0 aliphatic heterocycles. The van der Waals surface area contributed by atoms with E-state index < -0.39 is 28.7 Å². The molecule has 0 bridgehead atoms. The molecule has 106 valence electrons. The molecule has 1 amide bonds. The van der Waals surface area contributed by atoms with E-state index in [-0.39, 0.29) is 12.0 Å². The fourth-order valence-electron chi connectivity index (χ4n) is 1.40. The Labute approximate surface area is 111 Å². The first-order chi connectivity index (χ1) is 8.54. The van der Waals surface area contributed by atoms with Crippen molar-refractivity contribution in [3.8, 4) is 0 Å². The summed E-state index contributed by atoms with van der Waals surface area (Å²) in [7, 11) is 0. The summed E-state index contributed by atoms with van der Waals surface area (Å²) in [6, 6.07) is 3.70. The molecule has 0 fully saturated rings. The van der Waals surface area contributed by atoms with E-state index in [9.17, 15) is 18.7 Å². The van der Waals surface area contributed by atoms with Crippen LogP contribution in [0.25, 0.3) is 0 Å². The summed E-state index contributed by atoms with van der Waals surface area (Å²) in [6.07, 6.45) is -0.275. The number of aliphatic hydroxyl groups is 1. The Morgan fingerprint density at radius 2 is 1.84 bits per heavy atom. The highest BCUT2D eigenvalue weighted by molar-refractivity contribution is 5.79. The van der Waals surface area contributed by atoms with E-state index in [0.29, 0.717) is 0 Å². The highest BCUT2D eigenvalue weighted by atomic mass is 19.2. The zero-order valence-electron chi connectivity index (χ0n) is 11.6. The molecule has 0 aliphatic carbocycles. The maximum Gasteiger partial charge on any atom is 0.225 e. The van der Waals surface area contributed by atoms with Gasteiger partial charge >= 0.3 is 0 Å². The van der Waals surface area contributed by atoms with Gasteiger partial charge in [-0.25, -0.2) is 8.78 Å². The standard InChI is InChI=1S/C14H19F2NO2/c1-13(2,14(3,4)19)17-11(18)8-9-6-5-7-10(15)12(9)16/h5-7,19H,8H2,1-4H3,(H,17,18). The highest BCUT2D eigenvalue weighted by Gasteiger charge is 2.36. The lowest BCUT2D eigenvalue weighted by Gasteiger charge is -2.38. The van der Waals surface area contributed by atoms with Gasteiger partial charge in [0.25, 0.3) is 0 Å². The van der Waals surface area contributed by atoms with Gasteiger partial charge in [-0.15, -0.1) is 0 Å². The zero-order chi connectivity index (χ0) is 14.8. The fourth-order valence-corrected chi connectivity index (χ4v) is 1.40. The number of carbonyl (C=O) groups excluding carboxylic acids is 1. The minimum absolute atomic E-state index is 0.0101. The molecule has 19 heavy (non-hydrogen) atoms. The van der Waals surface area contributed by atoms with Gasteiger partial charge in [0.15, 0.2) is 11.6 Å². The van der Waals surface area contributed by atoms with Crippen molar-refractivity contribution in [2.45, 2.75) is 45.3 Å². The summed E-state index contributed by atoms with van der Waals surface area (Å²) in [5.41, 5.74) is -2.03. The molecule has 1 aromatic carbocycles.